The van der Waals surface area contributed by atoms with Gasteiger partial charge in [0, 0.05) is 5.57 Å². The molecule has 23 heavy (non-hydrogen) atoms. The lowest BCUT2D eigenvalue weighted by Gasteiger charge is -2.10. The summed E-state index contributed by atoms with van der Waals surface area (Å²) in [5.41, 5.74) is 1.59. The first-order chi connectivity index (χ1) is 11.0. The van der Waals surface area contributed by atoms with Crippen LogP contribution in [0.3, 0.4) is 0 Å². The topological polar surface area (TPSA) is 52.6 Å². The molecule has 0 radical (unpaired) electrons. The minimum Gasteiger partial charge on any atom is -0.423 e. The highest BCUT2D eigenvalue weighted by Crippen LogP contribution is 2.22. The molecule has 0 aromatic heterocycles. The number of benzene rings is 2. The highest BCUT2D eigenvalue weighted by Gasteiger charge is 2.17. The van der Waals surface area contributed by atoms with Crippen LogP contribution in [-0.4, -0.2) is 11.9 Å². The Hall–Kier alpha value is -2.88. The number of hydrogen-bond donors (Lipinski definition) is 0. The zero-order valence-corrected chi connectivity index (χ0v) is 13.2. The van der Waals surface area contributed by atoms with E-state index >= 15 is 0 Å². The zero-order chi connectivity index (χ0) is 16.8. The number of hydrogen-bond acceptors (Lipinski definition) is 4. The van der Waals surface area contributed by atoms with Gasteiger partial charge in [-0.05, 0) is 43.2 Å². The maximum atomic E-state index is 12.3. The van der Waals surface area contributed by atoms with Crippen molar-refractivity contribution in [2.75, 3.05) is 0 Å². The lowest BCUT2D eigenvalue weighted by molar-refractivity contribution is -0.130. The van der Waals surface area contributed by atoms with Gasteiger partial charge in [0.15, 0.2) is 0 Å². The number of ether oxygens (including phenoxy) is 2. The quantitative estimate of drug-likeness (QED) is 0.477. The summed E-state index contributed by atoms with van der Waals surface area (Å²) < 4.78 is 10.5. The lowest BCUT2D eigenvalue weighted by atomic mass is 10.1. The van der Waals surface area contributed by atoms with Gasteiger partial charge in [-0.2, -0.15) is 0 Å². The summed E-state index contributed by atoms with van der Waals surface area (Å²) in [6.45, 7) is 7.11. The minimum atomic E-state index is -0.586. The molecule has 0 saturated heterocycles. The molecule has 2 rings (SSSR count). The monoisotopic (exact) mass is 310 g/mol. The number of esters is 2. The maximum Gasteiger partial charge on any atom is 0.347 e. The van der Waals surface area contributed by atoms with Crippen LogP contribution in [-0.2, 0) is 11.2 Å². The van der Waals surface area contributed by atoms with Crippen LogP contribution in [0.2, 0.25) is 0 Å². The number of rotatable bonds is 5. The molecular formula is C19H18O4. The van der Waals surface area contributed by atoms with Gasteiger partial charge in [-0.15, -0.1) is 0 Å². The second-order valence-corrected chi connectivity index (χ2v) is 5.05. The van der Waals surface area contributed by atoms with E-state index in [1.54, 1.807) is 37.3 Å². The fourth-order valence-electron chi connectivity index (χ4n) is 1.87. The third kappa shape index (κ3) is 4.30. The van der Waals surface area contributed by atoms with Crippen LogP contribution in [0.25, 0.3) is 0 Å². The van der Waals surface area contributed by atoms with Crippen molar-refractivity contribution in [2.45, 2.75) is 20.3 Å². The average molecular weight is 310 g/mol. The van der Waals surface area contributed by atoms with Gasteiger partial charge in [0.25, 0.3) is 0 Å². The molecule has 2 aromatic carbocycles. The molecule has 0 saturated carbocycles. The second-order valence-electron chi connectivity index (χ2n) is 5.05. The first-order valence-corrected chi connectivity index (χ1v) is 7.29. The van der Waals surface area contributed by atoms with Gasteiger partial charge in [0.05, 0.1) is 0 Å². The molecule has 0 fully saturated rings. The summed E-state index contributed by atoms with van der Waals surface area (Å²) >= 11 is 0. The Morgan fingerprint density at radius 1 is 1.00 bits per heavy atom. The third-order valence-corrected chi connectivity index (χ3v) is 3.20. The predicted molar refractivity (Wildman–Crippen MR) is 87.7 cm³/mol. The zero-order valence-electron chi connectivity index (χ0n) is 13.2. The Bertz CT molecular complexity index is 729. The van der Waals surface area contributed by atoms with Crippen LogP contribution in [0.4, 0.5) is 0 Å². The molecule has 0 N–H and O–H groups in total. The van der Waals surface area contributed by atoms with Gasteiger partial charge in [0.2, 0.25) is 0 Å². The van der Waals surface area contributed by atoms with Crippen LogP contribution in [0.5, 0.6) is 11.5 Å². The Morgan fingerprint density at radius 2 is 1.65 bits per heavy atom. The van der Waals surface area contributed by atoms with Crippen molar-refractivity contribution in [3.63, 3.8) is 0 Å². The standard InChI is InChI=1S/C19H18O4/c1-4-14-9-11-15(12-10-14)22-19(21)16-7-5-6-8-17(16)23-18(20)13(2)3/h5-12H,2,4H2,1,3H3. The SMILES string of the molecule is C=C(C)C(=O)Oc1ccccc1C(=O)Oc1ccc(CC)cc1. The van der Waals surface area contributed by atoms with Gasteiger partial charge < -0.3 is 9.47 Å². The van der Waals surface area contributed by atoms with Gasteiger partial charge in [-0.1, -0.05) is 37.8 Å². The minimum absolute atomic E-state index is 0.149. The van der Waals surface area contributed by atoms with E-state index < -0.39 is 11.9 Å². The van der Waals surface area contributed by atoms with E-state index in [1.807, 2.05) is 19.1 Å². The normalized spacial score (nSPS) is 10.0. The van der Waals surface area contributed by atoms with E-state index in [-0.39, 0.29) is 16.9 Å². The number of para-hydroxylation sites is 1. The smallest absolute Gasteiger partial charge is 0.347 e. The Balaban J connectivity index is 2.18. The van der Waals surface area contributed by atoms with Gasteiger partial charge in [-0.3, -0.25) is 0 Å². The molecule has 0 atom stereocenters. The molecule has 0 amide bonds. The summed E-state index contributed by atoms with van der Waals surface area (Å²) in [6, 6.07) is 13.7. The highest BCUT2D eigenvalue weighted by molar-refractivity contribution is 5.96. The van der Waals surface area contributed by atoms with Crippen molar-refractivity contribution in [1.29, 1.82) is 0 Å². The molecule has 0 spiro atoms. The van der Waals surface area contributed by atoms with Crippen molar-refractivity contribution >= 4 is 11.9 Å². The van der Waals surface area contributed by atoms with E-state index in [4.69, 9.17) is 9.47 Å². The second kappa shape index (κ2) is 7.40. The van der Waals surface area contributed by atoms with Crippen LogP contribution < -0.4 is 9.47 Å². The summed E-state index contributed by atoms with van der Waals surface area (Å²) in [5, 5.41) is 0. The van der Waals surface area contributed by atoms with Crippen molar-refractivity contribution in [3.8, 4) is 11.5 Å². The van der Waals surface area contributed by atoms with E-state index in [0.717, 1.165) is 12.0 Å². The first-order valence-electron chi connectivity index (χ1n) is 7.29. The number of aryl methyl sites for hydroxylation is 1. The molecule has 4 nitrogen and oxygen atoms in total. The molecule has 4 heteroatoms. The van der Waals surface area contributed by atoms with Crippen LogP contribution >= 0.6 is 0 Å². The molecule has 2 aromatic rings. The van der Waals surface area contributed by atoms with Crippen molar-refractivity contribution in [1.82, 2.24) is 0 Å². The summed E-state index contributed by atoms with van der Waals surface area (Å²) in [5.74, 6) is -0.583. The summed E-state index contributed by atoms with van der Waals surface area (Å²) in [4.78, 5) is 23.9. The highest BCUT2D eigenvalue weighted by atomic mass is 16.5. The summed E-state index contributed by atoms with van der Waals surface area (Å²) in [7, 11) is 0. The lowest BCUT2D eigenvalue weighted by Crippen LogP contribution is -2.14. The van der Waals surface area contributed by atoms with Crippen molar-refractivity contribution in [2.24, 2.45) is 0 Å². The molecule has 118 valence electrons. The molecule has 0 heterocycles. The van der Waals surface area contributed by atoms with Crippen molar-refractivity contribution < 1.29 is 19.1 Å². The molecule has 0 unspecified atom stereocenters. The van der Waals surface area contributed by atoms with Crippen LogP contribution in [0.1, 0.15) is 29.8 Å². The first kappa shape index (κ1) is 16.5. The Labute approximate surface area is 135 Å². The van der Waals surface area contributed by atoms with Gasteiger partial charge in [0.1, 0.15) is 17.1 Å². The molecule has 0 aliphatic heterocycles. The fraction of sp³-hybridized carbons (Fsp3) is 0.158. The van der Waals surface area contributed by atoms with E-state index in [1.165, 1.54) is 6.07 Å². The summed E-state index contributed by atoms with van der Waals surface area (Å²) in [6.07, 6.45) is 0.911. The molecular weight excluding hydrogens is 292 g/mol. The number of carbonyl (C=O) groups excluding carboxylic acids is 2. The molecule has 0 aliphatic carbocycles. The maximum absolute atomic E-state index is 12.3. The average Bonchev–Trinajstić information content (AvgIpc) is 2.55. The Morgan fingerprint density at radius 3 is 2.26 bits per heavy atom. The molecule has 0 bridgehead atoms. The molecule has 0 aliphatic rings. The predicted octanol–water partition coefficient (Wildman–Crippen LogP) is 3.95. The van der Waals surface area contributed by atoms with Crippen molar-refractivity contribution in [3.05, 3.63) is 71.8 Å². The fourth-order valence-corrected chi connectivity index (χ4v) is 1.87. The number of carbonyl (C=O) groups is 2. The van der Waals surface area contributed by atoms with E-state index in [9.17, 15) is 9.59 Å². The van der Waals surface area contributed by atoms with Crippen LogP contribution in [0.15, 0.2) is 60.7 Å². The largest absolute Gasteiger partial charge is 0.423 e. The van der Waals surface area contributed by atoms with E-state index in [2.05, 4.69) is 6.58 Å². The third-order valence-electron chi connectivity index (χ3n) is 3.20. The van der Waals surface area contributed by atoms with Gasteiger partial charge >= 0.3 is 11.9 Å². The van der Waals surface area contributed by atoms with Crippen LogP contribution in [0, 0.1) is 0 Å². The van der Waals surface area contributed by atoms with E-state index in [0.29, 0.717) is 5.75 Å². The Kier molecular flexibility index (Phi) is 5.31. The van der Waals surface area contributed by atoms with Gasteiger partial charge in [-0.25, -0.2) is 9.59 Å².